The number of carbonyl (C=O) groups excluding carboxylic acids is 2. The largest absolute Gasteiger partial charge is 0.466 e. The summed E-state index contributed by atoms with van der Waals surface area (Å²) in [7, 11) is 0. The topological polar surface area (TPSA) is 95.9 Å². The highest BCUT2D eigenvalue weighted by Gasteiger charge is 2.18. The smallest absolute Gasteiger partial charge is 0.305 e. The normalized spacial score (nSPS) is 12.6. The van der Waals surface area contributed by atoms with Gasteiger partial charge in [0, 0.05) is 12.8 Å². The molecule has 0 aliphatic rings. The van der Waals surface area contributed by atoms with Gasteiger partial charge in [0.05, 0.1) is 25.4 Å². The lowest BCUT2D eigenvalue weighted by molar-refractivity contribution is -0.143. The monoisotopic (exact) mass is 1110 g/mol. The minimum atomic E-state index is -0.839. The third-order valence-electron chi connectivity index (χ3n) is 17.0. The number of aliphatic hydroxyl groups excluding tert-OH is 2. The molecule has 0 rings (SSSR count). The average Bonchev–Trinajstić information content (AvgIpc) is 3.45. The van der Waals surface area contributed by atoms with Gasteiger partial charge in [-0.2, -0.15) is 0 Å². The zero-order valence-corrected chi connectivity index (χ0v) is 53.6. The number of unbranched alkanes of at least 4 members (excludes halogenated alkanes) is 55. The van der Waals surface area contributed by atoms with E-state index in [1.807, 2.05) is 6.08 Å². The van der Waals surface area contributed by atoms with Crippen LogP contribution in [0.15, 0.2) is 24.3 Å². The van der Waals surface area contributed by atoms with Gasteiger partial charge in [0.1, 0.15) is 0 Å². The molecule has 0 radical (unpaired) electrons. The van der Waals surface area contributed by atoms with E-state index in [0.29, 0.717) is 19.4 Å². The Morgan fingerprint density at radius 1 is 0.342 bits per heavy atom. The molecule has 0 aliphatic heterocycles. The number of rotatable bonds is 68. The van der Waals surface area contributed by atoms with E-state index in [4.69, 9.17) is 4.74 Å². The van der Waals surface area contributed by atoms with Crippen molar-refractivity contribution >= 4 is 11.9 Å². The molecular weight excluding hydrogens is 971 g/mol. The number of nitrogens with one attached hydrogen (secondary N) is 1. The van der Waals surface area contributed by atoms with E-state index in [9.17, 15) is 19.8 Å². The maximum Gasteiger partial charge on any atom is 0.305 e. The second kappa shape index (κ2) is 68.8. The standard InChI is InChI=1S/C73H141NO5/c1-3-5-7-9-11-13-15-47-51-55-59-63-67-73(78)79-68-64-60-56-52-48-44-42-40-38-36-34-32-30-28-26-24-22-20-18-16-17-19-21-23-25-27-29-31-33-35-37-39-41-43-46-50-54-58-62-66-72(77)74-70(69-75)71(76)65-61-57-53-49-45-14-12-10-8-6-4-2/h16-17,61,65,70-71,75-76H,3-15,18-60,62-64,66-69H2,1-2H3,(H,74,77)/b17-16-,65-61+. The summed E-state index contributed by atoms with van der Waals surface area (Å²) in [6.45, 7) is 4.92. The Kier molecular flexibility index (Phi) is 67.4. The fourth-order valence-corrected chi connectivity index (χ4v) is 11.5. The summed E-state index contributed by atoms with van der Waals surface area (Å²) in [6.07, 6.45) is 87.2. The van der Waals surface area contributed by atoms with Gasteiger partial charge >= 0.3 is 5.97 Å². The van der Waals surface area contributed by atoms with Crippen molar-refractivity contribution in [2.45, 2.75) is 418 Å². The molecule has 6 nitrogen and oxygen atoms in total. The van der Waals surface area contributed by atoms with Gasteiger partial charge in [-0.25, -0.2) is 0 Å². The Hall–Kier alpha value is -1.66. The zero-order valence-electron chi connectivity index (χ0n) is 53.6. The minimum Gasteiger partial charge on any atom is -0.466 e. The molecule has 2 atom stereocenters. The van der Waals surface area contributed by atoms with Gasteiger partial charge in [-0.1, -0.05) is 359 Å². The molecular formula is C73H141NO5. The molecule has 0 saturated heterocycles. The predicted octanol–water partition coefficient (Wildman–Crippen LogP) is 23.3. The van der Waals surface area contributed by atoms with E-state index >= 15 is 0 Å². The molecule has 0 fully saturated rings. The molecule has 1 amide bonds. The minimum absolute atomic E-state index is 0.0235. The van der Waals surface area contributed by atoms with Crippen LogP contribution < -0.4 is 5.32 Å². The number of allylic oxidation sites excluding steroid dienone is 3. The Balaban J connectivity index is 3.31. The molecule has 0 spiro atoms. The van der Waals surface area contributed by atoms with Gasteiger partial charge in [-0.05, 0) is 57.8 Å². The van der Waals surface area contributed by atoms with Crippen LogP contribution in [0, 0.1) is 0 Å². The highest BCUT2D eigenvalue weighted by Crippen LogP contribution is 2.19. The molecule has 0 aromatic carbocycles. The van der Waals surface area contributed by atoms with E-state index in [1.165, 1.54) is 340 Å². The molecule has 0 aliphatic carbocycles. The van der Waals surface area contributed by atoms with E-state index in [0.717, 1.165) is 38.5 Å². The summed E-state index contributed by atoms with van der Waals surface area (Å²) in [6, 6.07) is -0.622. The Bertz CT molecular complexity index is 1230. The molecule has 6 heteroatoms. The second-order valence-electron chi connectivity index (χ2n) is 24.9. The quantitative estimate of drug-likeness (QED) is 0.0320. The Labute approximate surface area is 494 Å². The van der Waals surface area contributed by atoms with Crippen LogP contribution in [0.25, 0.3) is 0 Å². The van der Waals surface area contributed by atoms with Gasteiger partial charge in [0.15, 0.2) is 0 Å². The number of esters is 1. The Morgan fingerprint density at radius 2 is 0.595 bits per heavy atom. The van der Waals surface area contributed by atoms with Crippen molar-refractivity contribution in [3.63, 3.8) is 0 Å². The summed E-state index contributed by atoms with van der Waals surface area (Å²) in [5, 5.41) is 23.1. The first-order valence-electron chi connectivity index (χ1n) is 36.1. The zero-order chi connectivity index (χ0) is 57.1. The predicted molar refractivity (Wildman–Crippen MR) is 347 cm³/mol. The number of aliphatic hydroxyl groups is 2. The van der Waals surface area contributed by atoms with Crippen LogP contribution in [0.3, 0.4) is 0 Å². The highest BCUT2D eigenvalue weighted by atomic mass is 16.5. The number of amides is 1. The number of carbonyl (C=O) groups is 2. The van der Waals surface area contributed by atoms with Crippen molar-refractivity contribution in [2.75, 3.05) is 13.2 Å². The first-order valence-corrected chi connectivity index (χ1v) is 36.1. The third-order valence-corrected chi connectivity index (χ3v) is 17.0. The van der Waals surface area contributed by atoms with E-state index in [1.54, 1.807) is 6.08 Å². The average molecular weight is 1110 g/mol. The molecule has 0 aromatic heterocycles. The summed E-state index contributed by atoms with van der Waals surface area (Å²) in [5.74, 6) is -0.0396. The van der Waals surface area contributed by atoms with Gasteiger partial charge in [-0.15, -0.1) is 0 Å². The van der Waals surface area contributed by atoms with Crippen LogP contribution in [0.4, 0.5) is 0 Å². The number of hydrogen-bond acceptors (Lipinski definition) is 5. The van der Waals surface area contributed by atoms with Gasteiger partial charge in [-0.3, -0.25) is 9.59 Å². The van der Waals surface area contributed by atoms with Gasteiger partial charge in [0.25, 0.3) is 0 Å². The number of ether oxygens (including phenoxy) is 1. The molecule has 0 heterocycles. The molecule has 2 unspecified atom stereocenters. The van der Waals surface area contributed by atoms with Crippen molar-refractivity contribution in [2.24, 2.45) is 0 Å². The lowest BCUT2D eigenvalue weighted by Crippen LogP contribution is -2.45. The summed E-state index contributed by atoms with van der Waals surface area (Å²) in [4.78, 5) is 24.5. The van der Waals surface area contributed by atoms with Crippen molar-refractivity contribution in [1.82, 2.24) is 5.32 Å². The van der Waals surface area contributed by atoms with E-state index in [2.05, 4.69) is 31.3 Å². The lowest BCUT2D eigenvalue weighted by atomic mass is 10.0. The van der Waals surface area contributed by atoms with Gasteiger partial charge in [0.2, 0.25) is 5.91 Å². The van der Waals surface area contributed by atoms with E-state index < -0.39 is 12.1 Å². The van der Waals surface area contributed by atoms with Crippen LogP contribution in [0.2, 0.25) is 0 Å². The van der Waals surface area contributed by atoms with Crippen LogP contribution in [-0.2, 0) is 14.3 Å². The summed E-state index contributed by atoms with van der Waals surface area (Å²) >= 11 is 0. The fraction of sp³-hybridized carbons (Fsp3) is 0.918. The molecule has 468 valence electrons. The van der Waals surface area contributed by atoms with Crippen molar-refractivity contribution in [3.05, 3.63) is 24.3 Å². The van der Waals surface area contributed by atoms with Crippen molar-refractivity contribution in [3.8, 4) is 0 Å². The summed E-state index contributed by atoms with van der Waals surface area (Å²) < 4.78 is 5.49. The first kappa shape index (κ1) is 77.3. The molecule has 0 aromatic rings. The summed E-state index contributed by atoms with van der Waals surface area (Å²) in [5.41, 5.74) is 0. The highest BCUT2D eigenvalue weighted by molar-refractivity contribution is 5.76. The first-order chi connectivity index (χ1) is 39.0. The lowest BCUT2D eigenvalue weighted by Gasteiger charge is -2.20. The maximum atomic E-state index is 12.4. The van der Waals surface area contributed by atoms with Crippen molar-refractivity contribution < 1.29 is 24.5 Å². The number of hydrogen-bond donors (Lipinski definition) is 3. The second-order valence-corrected chi connectivity index (χ2v) is 24.9. The molecule has 0 saturated carbocycles. The SMILES string of the molecule is CCCCCCCCCCC/C=C/C(O)C(CO)NC(=O)CCCCCCCCCCCCCCCCCCC/C=C\CCCCCCCCCCCCCCCCCCCCOC(=O)CCCCCCCCCCCCCC. The third kappa shape index (κ3) is 65.4. The van der Waals surface area contributed by atoms with E-state index in [-0.39, 0.29) is 18.5 Å². The van der Waals surface area contributed by atoms with Crippen molar-refractivity contribution in [1.29, 1.82) is 0 Å². The molecule has 79 heavy (non-hydrogen) atoms. The van der Waals surface area contributed by atoms with Gasteiger partial charge < -0.3 is 20.3 Å². The fourth-order valence-electron chi connectivity index (χ4n) is 11.5. The molecule has 3 N–H and O–H groups in total. The van der Waals surface area contributed by atoms with Crippen LogP contribution in [0.5, 0.6) is 0 Å². The van der Waals surface area contributed by atoms with Crippen LogP contribution >= 0.6 is 0 Å². The molecule has 0 bridgehead atoms. The van der Waals surface area contributed by atoms with Crippen LogP contribution in [-0.4, -0.2) is 47.4 Å². The Morgan fingerprint density at radius 3 is 0.899 bits per heavy atom. The van der Waals surface area contributed by atoms with Crippen LogP contribution in [0.1, 0.15) is 406 Å². The maximum absolute atomic E-state index is 12.4.